The summed E-state index contributed by atoms with van der Waals surface area (Å²) in [5.41, 5.74) is 2.47. The molecular weight excluding hydrogens is 415 g/mol. The van der Waals surface area contributed by atoms with Gasteiger partial charge in [-0.25, -0.2) is 0 Å². The predicted octanol–water partition coefficient (Wildman–Crippen LogP) is 6.49. The fourth-order valence-corrected chi connectivity index (χ4v) is 3.25. The summed E-state index contributed by atoms with van der Waals surface area (Å²) < 4.78 is 5.93. The molecule has 0 aromatic heterocycles. The number of unbranched alkanes of at least 4 members (excludes halogenated alkanes) is 2. The highest BCUT2D eigenvalue weighted by Crippen LogP contribution is 2.15. The standard InChI is InChI=1S/C25H38N2O.2ClH/c1-3-5-17-27(18-6-4-2)19-11-16-26-21-24-14-10-15-25(20-24)28-22-23-12-8-7-9-13-23;;/h7-10,12-15,20,26H,3-6,11,16-19,21-22H2,1-2H3;2*1H. The molecule has 170 valence electrons. The second kappa shape index (κ2) is 18.5. The van der Waals surface area contributed by atoms with Crippen molar-refractivity contribution in [3.8, 4) is 5.75 Å². The summed E-state index contributed by atoms with van der Waals surface area (Å²) in [6.07, 6.45) is 6.39. The van der Waals surface area contributed by atoms with Crippen molar-refractivity contribution >= 4 is 24.8 Å². The first kappa shape index (κ1) is 28.7. The lowest BCUT2D eigenvalue weighted by Crippen LogP contribution is -2.29. The van der Waals surface area contributed by atoms with Gasteiger partial charge in [-0.15, -0.1) is 24.8 Å². The lowest BCUT2D eigenvalue weighted by Gasteiger charge is -2.22. The molecule has 0 heterocycles. The topological polar surface area (TPSA) is 24.5 Å². The average molecular weight is 456 g/mol. The van der Waals surface area contributed by atoms with Gasteiger partial charge in [-0.3, -0.25) is 0 Å². The highest BCUT2D eigenvalue weighted by molar-refractivity contribution is 5.85. The monoisotopic (exact) mass is 454 g/mol. The van der Waals surface area contributed by atoms with Crippen LogP contribution in [0.5, 0.6) is 5.75 Å². The number of hydrogen-bond donors (Lipinski definition) is 1. The van der Waals surface area contributed by atoms with E-state index in [0.717, 1.165) is 18.8 Å². The van der Waals surface area contributed by atoms with Crippen LogP contribution in [0.1, 0.15) is 57.1 Å². The van der Waals surface area contributed by atoms with E-state index in [2.05, 4.69) is 54.4 Å². The lowest BCUT2D eigenvalue weighted by molar-refractivity contribution is 0.261. The van der Waals surface area contributed by atoms with Crippen LogP contribution in [0, 0.1) is 0 Å². The quantitative estimate of drug-likeness (QED) is 0.311. The SMILES string of the molecule is CCCCN(CCCC)CCCNCc1cccc(OCc2ccccc2)c1.Cl.Cl. The Kier molecular flexibility index (Phi) is 17.7. The van der Waals surface area contributed by atoms with Crippen LogP contribution in [-0.4, -0.2) is 31.1 Å². The van der Waals surface area contributed by atoms with E-state index in [1.807, 2.05) is 24.3 Å². The summed E-state index contributed by atoms with van der Waals surface area (Å²) in [4.78, 5) is 2.63. The molecule has 0 unspecified atom stereocenters. The molecule has 0 bridgehead atoms. The Hall–Kier alpha value is -1.26. The van der Waals surface area contributed by atoms with Gasteiger partial charge < -0.3 is 15.0 Å². The normalized spacial score (nSPS) is 10.4. The number of rotatable bonds is 15. The first-order valence-electron chi connectivity index (χ1n) is 11.0. The molecular formula is C25H40Cl2N2O. The van der Waals surface area contributed by atoms with Crippen LogP contribution >= 0.6 is 24.8 Å². The van der Waals surface area contributed by atoms with E-state index in [4.69, 9.17) is 4.74 Å². The summed E-state index contributed by atoms with van der Waals surface area (Å²) in [6.45, 7) is 10.8. The van der Waals surface area contributed by atoms with Crippen molar-refractivity contribution in [1.29, 1.82) is 0 Å². The fraction of sp³-hybridized carbons (Fsp3) is 0.520. The van der Waals surface area contributed by atoms with Crippen molar-refractivity contribution < 1.29 is 4.74 Å². The van der Waals surface area contributed by atoms with Gasteiger partial charge in [-0.05, 0) is 68.7 Å². The van der Waals surface area contributed by atoms with Gasteiger partial charge in [-0.1, -0.05) is 69.2 Å². The zero-order valence-corrected chi connectivity index (χ0v) is 20.3. The molecule has 0 fully saturated rings. The van der Waals surface area contributed by atoms with Gasteiger partial charge in [0.25, 0.3) is 0 Å². The van der Waals surface area contributed by atoms with E-state index in [-0.39, 0.29) is 24.8 Å². The Morgan fingerprint density at radius 1 is 0.767 bits per heavy atom. The van der Waals surface area contributed by atoms with Crippen molar-refractivity contribution in [2.45, 2.75) is 59.1 Å². The molecule has 0 amide bonds. The van der Waals surface area contributed by atoms with Crippen LogP contribution in [0.15, 0.2) is 54.6 Å². The molecule has 0 spiro atoms. The molecule has 0 atom stereocenters. The molecule has 2 rings (SSSR count). The number of nitrogens with zero attached hydrogens (tertiary/aromatic N) is 1. The number of nitrogens with one attached hydrogen (secondary N) is 1. The van der Waals surface area contributed by atoms with Crippen LogP contribution in [-0.2, 0) is 13.2 Å². The molecule has 0 saturated heterocycles. The predicted molar refractivity (Wildman–Crippen MR) is 134 cm³/mol. The van der Waals surface area contributed by atoms with Crippen LogP contribution in [0.25, 0.3) is 0 Å². The molecule has 0 aliphatic heterocycles. The minimum Gasteiger partial charge on any atom is -0.489 e. The molecule has 2 aromatic rings. The minimum absolute atomic E-state index is 0. The summed E-state index contributed by atoms with van der Waals surface area (Å²) in [5.74, 6) is 0.938. The number of halogens is 2. The maximum Gasteiger partial charge on any atom is 0.120 e. The Labute approximate surface area is 196 Å². The fourth-order valence-electron chi connectivity index (χ4n) is 3.25. The summed E-state index contributed by atoms with van der Waals surface area (Å²) in [6, 6.07) is 18.7. The molecule has 3 nitrogen and oxygen atoms in total. The van der Waals surface area contributed by atoms with Crippen molar-refractivity contribution in [2.24, 2.45) is 0 Å². The molecule has 1 N–H and O–H groups in total. The van der Waals surface area contributed by atoms with Crippen LogP contribution in [0.2, 0.25) is 0 Å². The molecule has 0 aliphatic carbocycles. The number of benzene rings is 2. The smallest absolute Gasteiger partial charge is 0.120 e. The van der Waals surface area contributed by atoms with E-state index < -0.39 is 0 Å². The van der Waals surface area contributed by atoms with Gasteiger partial charge in [0.2, 0.25) is 0 Å². The van der Waals surface area contributed by atoms with E-state index >= 15 is 0 Å². The Balaban J connectivity index is 0.00000420. The van der Waals surface area contributed by atoms with Gasteiger partial charge in [0.1, 0.15) is 12.4 Å². The third kappa shape index (κ3) is 12.4. The summed E-state index contributed by atoms with van der Waals surface area (Å²) >= 11 is 0. The Bertz CT molecular complexity index is 632. The van der Waals surface area contributed by atoms with Crippen molar-refractivity contribution in [3.05, 3.63) is 65.7 Å². The number of hydrogen-bond acceptors (Lipinski definition) is 3. The van der Waals surface area contributed by atoms with Crippen molar-refractivity contribution in [1.82, 2.24) is 10.2 Å². The largest absolute Gasteiger partial charge is 0.489 e. The Morgan fingerprint density at radius 3 is 2.07 bits per heavy atom. The summed E-state index contributed by atoms with van der Waals surface area (Å²) in [7, 11) is 0. The maximum absolute atomic E-state index is 5.93. The maximum atomic E-state index is 5.93. The number of ether oxygens (including phenoxy) is 1. The van der Waals surface area contributed by atoms with E-state index in [1.54, 1.807) is 0 Å². The molecule has 0 radical (unpaired) electrons. The molecule has 5 heteroatoms. The third-order valence-electron chi connectivity index (χ3n) is 4.96. The van der Waals surface area contributed by atoms with Gasteiger partial charge in [0.15, 0.2) is 0 Å². The highest BCUT2D eigenvalue weighted by Gasteiger charge is 2.03. The third-order valence-corrected chi connectivity index (χ3v) is 4.96. The minimum atomic E-state index is 0. The average Bonchev–Trinajstić information content (AvgIpc) is 2.74. The van der Waals surface area contributed by atoms with Crippen LogP contribution in [0.3, 0.4) is 0 Å². The molecule has 0 aliphatic rings. The second-order valence-electron chi connectivity index (χ2n) is 7.50. The summed E-state index contributed by atoms with van der Waals surface area (Å²) in [5, 5.41) is 3.59. The van der Waals surface area contributed by atoms with E-state index in [1.165, 1.54) is 62.9 Å². The Morgan fingerprint density at radius 2 is 1.40 bits per heavy atom. The van der Waals surface area contributed by atoms with Crippen molar-refractivity contribution in [3.63, 3.8) is 0 Å². The van der Waals surface area contributed by atoms with Gasteiger partial charge >= 0.3 is 0 Å². The van der Waals surface area contributed by atoms with Gasteiger partial charge in [0, 0.05) is 6.54 Å². The second-order valence-corrected chi connectivity index (χ2v) is 7.50. The zero-order chi connectivity index (χ0) is 19.9. The highest BCUT2D eigenvalue weighted by atomic mass is 35.5. The molecule has 0 saturated carbocycles. The van der Waals surface area contributed by atoms with Gasteiger partial charge in [-0.2, -0.15) is 0 Å². The van der Waals surface area contributed by atoms with Crippen molar-refractivity contribution in [2.75, 3.05) is 26.2 Å². The van der Waals surface area contributed by atoms with Crippen LogP contribution in [0.4, 0.5) is 0 Å². The lowest BCUT2D eigenvalue weighted by atomic mass is 10.2. The van der Waals surface area contributed by atoms with E-state index in [9.17, 15) is 0 Å². The van der Waals surface area contributed by atoms with Crippen LogP contribution < -0.4 is 10.1 Å². The zero-order valence-electron chi connectivity index (χ0n) is 18.6. The first-order valence-corrected chi connectivity index (χ1v) is 11.0. The first-order chi connectivity index (χ1) is 13.8. The molecule has 2 aromatic carbocycles. The van der Waals surface area contributed by atoms with E-state index in [0.29, 0.717) is 6.61 Å². The van der Waals surface area contributed by atoms with Gasteiger partial charge in [0.05, 0.1) is 0 Å². The molecule has 30 heavy (non-hydrogen) atoms.